The van der Waals surface area contributed by atoms with Crippen LogP contribution in [0.5, 0.6) is 0 Å². The van der Waals surface area contributed by atoms with E-state index in [4.69, 9.17) is 14.7 Å². The van der Waals surface area contributed by atoms with Crippen LogP contribution in [0.3, 0.4) is 0 Å². The van der Waals surface area contributed by atoms with Crippen LogP contribution >= 0.6 is 0 Å². The molecule has 2 aromatic heterocycles. The van der Waals surface area contributed by atoms with Gasteiger partial charge in [0.1, 0.15) is 10.7 Å². The lowest BCUT2D eigenvalue weighted by atomic mass is 9.94. The minimum atomic E-state index is -1.00. The van der Waals surface area contributed by atoms with Gasteiger partial charge in [-0.1, -0.05) is 0 Å². The van der Waals surface area contributed by atoms with Gasteiger partial charge in [-0.05, 0) is 25.7 Å². The van der Waals surface area contributed by atoms with Gasteiger partial charge in [-0.2, -0.15) is 4.98 Å². The summed E-state index contributed by atoms with van der Waals surface area (Å²) in [6.07, 6.45) is 8.46. The first-order valence-electron chi connectivity index (χ1n) is 10.1. The smallest absolute Gasteiger partial charge is 0.227 e. The quantitative estimate of drug-likeness (QED) is 0.805. The number of piperidine rings is 1. The number of imidazole rings is 1. The summed E-state index contributed by atoms with van der Waals surface area (Å²) >= 11 is 0. The third kappa shape index (κ3) is 3.53. The van der Waals surface area contributed by atoms with Crippen molar-refractivity contribution in [2.75, 3.05) is 42.3 Å². The second-order valence-electron chi connectivity index (χ2n) is 7.75. The van der Waals surface area contributed by atoms with E-state index in [1.807, 2.05) is 6.20 Å². The molecule has 0 saturated carbocycles. The van der Waals surface area contributed by atoms with Crippen LogP contribution in [-0.4, -0.2) is 62.2 Å². The Labute approximate surface area is 167 Å². The van der Waals surface area contributed by atoms with Gasteiger partial charge >= 0.3 is 0 Å². The van der Waals surface area contributed by atoms with Gasteiger partial charge in [0.05, 0.1) is 22.8 Å². The predicted octanol–water partition coefficient (Wildman–Crippen LogP) is 1.84. The zero-order chi connectivity index (χ0) is 18.9. The molecule has 9 heteroatoms. The van der Waals surface area contributed by atoms with E-state index in [1.54, 1.807) is 6.33 Å². The molecule has 2 saturated heterocycles. The maximum atomic E-state index is 12.5. The van der Waals surface area contributed by atoms with Crippen molar-refractivity contribution in [2.45, 2.75) is 49.0 Å². The van der Waals surface area contributed by atoms with E-state index >= 15 is 0 Å². The fourth-order valence-corrected chi connectivity index (χ4v) is 5.65. The summed E-state index contributed by atoms with van der Waals surface area (Å²) in [7, 11) is -1.00. The average Bonchev–Trinajstić information content (AvgIpc) is 3.39. The number of rotatable bonds is 4. The first kappa shape index (κ1) is 18.1. The van der Waals surface area contributed by atoms with Gasteiger partial charge in [-0.3, -0.25) is 4.21 Å². The van der Waals surface area contributed by atoms with Crippen molar-refractivity contribution in [1.29, 1.82) is 0 Å². The van der Waals surface area contributed by atoms with Gasteiger partial charge in [0, 0.05) is 62.3 Å². The molecule has 0 aromatic carbocycles. The maximum Gasteiger partial charge on any atom is 0.227 e. The number of aromatic nitrogens is 4. The van der Waals surface area contributed by atoms with Crippen LogP contribution in [0.1, 0.15) is 43.0 Å². The number of ether oxygens (including phenoxy) is 1. The van der Waals surface area contributed by atoms with Gasteiger partial charge in [-0.25, -0.2) is 9.97 Å². The van der Waals surface area contributed by atoms with Crippen LogP contribution < -0.4 is 10.2 Å². The number of nitrogens with one attached hydrogen (secondary N) is 2. The molecule has 150 valence electrons. The fourth-order valence-electron chi connectivity index (χ4n) is 4.34. The number of fused-ring (bicyclic) bond motifs is 1. The molecule has 0 amide bonds. The number of aromatic amines is 1. The van der Waals surface area contributed by atoms with E-state index in [2.05, 4.69) is 20.2 Å². The van der Waals surface area contributed by atoms with Crippen molar-refractivity contribution in [3.05, 3.63) is 23.9 Å². The van der Waals surface area contributed by atoms with Crippen LogP contribution in [0.2, 0.25) is 0 Å². The van der Waals surface area contributed by atoms with E-state index in [-0.39, 0.29) is 0 Å². The van der Waals surface area contributed by atoms with Crippen molar-refractivity contribution < 1.29 is 8.95 Å². The average molecular weight is 403 g/mol. The van der Waals surface area contributed by atoms with Crippen molar-refractivity contribution >= 4 is 22.6 Å². The molecule has 1 atom stereocenters. The summed E-state index contributed by atoms with van der Waals surface area (Å²) < 4.78 is 18.0. The van der Waals surface area contributed by atoms with Gasteiger partial charge in [0.2, 0.25) is 5.95 Å². The number of H-pyrrole nitrogens is 1. The van der Waals surface area contributed by atoms with Crippen molar-refractivity contribution in [3.63, 3.8) is 0 Å². The van der Waals surface area contributed by atoms with Crippen molar-refractivity contribution in [2.24, 2.45) is 0 Å². The van der Waals surface area contributed by atoms with E-state index in [0.29, 0.717) is 17.7 Å². The highest BCUT2D eigenvalue weighted by Gasteiger charge is 2.30. The number of aryl methyl sites for hydroxylation is 1. The van der Waals surface area contributed by atoms with Gasteiger partial charge < -0.3 is 19.9 Å². The second-order valence-corrected chi connectivity index (χ2v) is 9.25. The summed E-state index contributed by atoms with van der Waals surface area (Å²) in [5.74, 6) is 2.71. The Morgan fingerprint density at radius 1 is 1.18 bits per heavy atom. The predicted molar refractivity (Wildman–Crippen MR) is 107 cm³/mol. The Balaban J connectivity index is 1.36. The maximum absolute atomic E-state index is 12.5. The zero-order valence-corrected chi connectivity index (χ0v) is 16.7. The Hall–Kier alpha value is -2.00. The lowest BCUT2D eigenvalue weighted by Crippen LogP contribution is -2.35. The molecule has 2 aromatic rings. The van der Waals surface area contributed by atoms with E-state index in [9.17, 15) is 4.21 Å². The standard InChI is InChI=1S/C19H26N6O2S/c26-28-10-5-15-17(28)18(22-14-3-8-27-9-4-14)24-19(23-15)25-6-1-13(2-7-25)16-11-20-12-21-16/h11-14H,1-10H2,(H,20,21)(H,22,23,24). The fraction of sp³-hybridized carbons (Fsp3) is 0.632. The molecule has 28 heavy (non-hydrogen) atoms. The largest absolute Gasteiger partial charge is 0.381 e. The first-order chi connectivity index (χ1) is 13.8. The van der Waals surface area contributed by atoms with Crippen molar-refractivity contribution in [3.8, 4) is 0 Å². The molecule has 0 aliphatic carbocycles. The summed E-state index contributed by atoms with van der Waals surface area (Å²) in [4.78, 5) is 20.1. The molecule has 0 spiro atoms. The van der Waals surface area contributed by atoms with Crippen LogP contribution in [0, 0.1) is 0 Å². The number of hydrogen-bond donors (Lipinski definition) is 2. The van der Waals surface area contributed by atoms with E-state index in [0.717, 1.165) is 80.8 Å². The first-order valence-corrected chi connectivity index (χ1v) is 11.5. The Morgan fingerprint density at radius 2 is 2.00 bits per heavy atom. The van der Waals surface area contributed by atoms with E-state index in [1.165, 1.54) is 5.69 Å². The highest BCUT2D eigenvalue weighted by Crippen LogP contribution is 2.33. The third-order valence-electron chi connectivity index (χ3n) is 5.98. The molecular weight excluding hydrogens is 376 g/mol. The lowest BCUT2D eigenvalue weighted by Gasteiger charge is -2.32. The monoisotopic (exact) mass is 402 g/mol. The Bertz CT molecular complexity index is 844. The summed E-state index contributed by atoms with van der Waals surface area (Å²) in [5, 5.41) is 3.56. The third-order valence-corrected chi connectivity index (χ3v) is 7.43. The van der Waals surface area contributed by atoms with E-state index < -0.39 is 10.8 Å². The van der Waals surface area contributed by atoms with Crippen LogP contribution in [0.4, 0.5) is 11.8 Å². The number of anilines is 2. The molecule has 0 radical (unpaired) electrons. The van der Waals surface area contributed by atoms with Crippen LogP contribution in [0.15, 0.2) is 17.4 Å². The Morgan fingerprint density at radius 3 is 2.75 bits per heavy atom. The van der Waals surface area contributed by atoms with Crippen LogP contribution in [-0.2, 0) is 22.0 Å². The molecule has 3 aliphatic rings. The SMILES string of the molecule is O=S1CCc2nc(N3CCC(c4cnc[nH]4)CC3)nc(NC3CCOCC3)c21. The second kappa shape index (κ2) is 7.79. The molecule has 0 bridgehead atoms. The summed E-state index contributed by atoms with van der Waals surface area (Å²) in [5.41, 5.74) is 2.17. The minimum absolute atomic E-state index is 0.323. The molecular formula is C19H26N6O2S. The molecule has 2 N–H and O–H groups in total. The molecule has 5 rings (SSSR count). The summed E-state index contributed by atoms with van der Waals surface area (Å²) in [6.45, 7) is 3.37. The number of nitrogens with zero attached hydrogens (tertiary/aromatic N) is 4. The minimum Gasteiger partial charge on any atom is -0.381 e. The summed E-state index contributed by atoms with van der Waals surface area (Å²) in [6, 6.07) is 0.323. The number of hydrogen-bond acceptors (Lipinski definition) is 7. The topological polar surface area (TPSA) is 96.0 Å². The lowest BCUT2D eigenvalue weighted by molar-refractivity contribution is 0.0903. The van der Waals surface area contributed by atoms with Gasteiger partial charge in [-0.15, -0.1) is 0 Å². The molecule has 2 fully saturated rings. The molecule has 5 heterocycles. The highest BCUT2D eigenvalue weighted by molar-refractivity contribution is 7.85. The van der Waals surface area contributed by atoms with Gasteiger partial charge in [0.25, 0.3) is 0 Å². The highest BCUT2D eigenvalue weighted by atomic mass is 32.2. The van der Waals surface area contributed by atoms with Gasteiger partial charge in [0.15, 0.2) is 0 Å². The molecule has 3 aliphatic heterocycles. The van der Waals surface area contributed by atoms with Crippen molar-refractivity contribution in [1.82, 2.24) is 19.9 Å². The van der Waals surface area contributed by atoms with Crippen LogP contribution in [0.25, 0.3) is 0 Å². The molecule has 1 unspecified atom stereocenters. The normalized spacial score (nSPS) is 23.7. The Kier molecular flexibility index (Phi) is 5.02. The zero-order valence-electron chi connectivity index (χ0n) is 15.9. The molecule has 8 nitrogen and oxygen atoms in total.